The highest BCUT2D eigenvalue weighted by molar-refractivity contribution is 5.73. The third kappa shape index (κ3) is 3.45. The number of aromatic amines is 2. The van der Waals surface area contributed by atoms with Crippen molar-refractivity contribution < 1.29 is 9.47 Å². The Morgan fingerprint density at radius 1 is 1.03 bits per heavy atom. The molecule has 7 heteroatoms. The highest BCUT2D eigenvalue weighted by atomic mass is 16.5. The van der Waals surface area contributed by atoms with Gasteiger partial charge in [-0.05, 0) is 36.4 Å². The first kappa shape index (κ1) is 18.4. The molecule has 0 unspecified atom stereocenters. The lowest BCUT2D eigenvalue weighted by molar-refractivity contribution is 0.355. The molecule has 146 valence electrons. The Labute approximate surface area is 166 Å². The van der Waals surface area contributed by atoms with Crippen LogP contribution < -0.4 is 25.6 Å². The average Bonchev–Trinajstić information content (AvgIpc) is 3.32. The van der Waals surface area contributed by atoms with Gasteiger partial charge in [0.2, 0.25) is 0 Å². The van der Waals surface area contributed by atoms with E-state index >= 15 is 0 Å². The van der Waals surface area contributed by atoms with Crippen molar-refractivity contribution in [3.05, 3.63) is 81.2 Å². The molecule has 4 aromatic rings. The lowest BCUT2D eigenvalue weighted by Crippen LogP contribution is -2.32. The second kappa shape index (κ2) is 7.55. The molecule has 2 aromatic heterocycles. The molecule has 0 aliphatic rings. The smallest absolute Gasteiger partial charge is 0.271 e. The fourth-order valence-corrected chi connectivity index (χ4v) is 3.13. The summed E-state index contributed by atoms with van der Waals surface area (Å²) in [6.07, 6.45) is 3.66. The molecule has 0 aliphatic heterocycles. The van der Waals surface area contributed by atoms with Crippen molar-refractivity contribution in [3.8, 4) is 28.4 Å². The van der Waals surface area contributed by atoms with Crippen LogP contribution in [0.1, 0.15) is 5.56 Å². The molecule has 2 aromatic carbocycles. The van der Waals surface area contributed by atoms with Crippen molar-refractivity contribution in [1.82, 2.24) is 20.0 Å². The van der Waals surface area contributed by atoms with Gasteiger partial charge in [0.15, 0.2) is 11.5 Å². The van der Waals surface area contributed by atoms with Crippen molar-refractivity contribution in [3.63, 3.8) is 0 Å². The Bertz CT molecular complexity index is 1290. The second-order valence-electron chi connectivity index (χ2n) is 6.40. The molecule has 0 fully saturated rings. The van der Waals surface area contributed by atoms with Gasteiger partial charge in [0.25, 0.3) is 5.56 Å². The molecule has 0 amide bonds. The van der Waals surface area contributed by atoms with Gasteiger partial charge >= 0.3 is 0 Å². The Morgan fingerprint density at radius 3 is 2.45 bits per heavy atom. The maximum Gasteiger partial charge on any atom is 0.271 e. The third-order valence-electron chi connectivity index (χ3n) is 4.62. The van der Waals surface area contributed by atoms with Gasteiger partial charge in [-0.25, -0.2) is 4.68 Å². The van der Waals surface area contributed by atoms with Gasteiger partial charge in [0, 0.05) is 17.3 Å². The molecule has 2 N–H and O–H groups in total. The lowest BCUT2D eigenvalue weighted by Gasteiger charge is -2.09. The minimum Gasteiger partial charge on any atom is -0.493 e. The maximum atomic E-state index is 12.1. The van der Waals surface area contributed by atoms with Crippen LogP contribution in [0.2, 0.25) is 0 Å². The number of methoxy groups -OCH3 is 2. The number of H-pyrrole nitrogens is 2. The van der Waals surface area contributed by atoms with Crippen molar-refractivity contribution in [2.24, 2.45) is 0 Å². The third-order valence-corrected chi connectivity index (χ3v) is 4.62. The Balaban J connectivity index is 1.95. The van der Waals surface area contributed by atoms with Crippen LogP contribution in [0, 0.1) is 0 Å². The summed E-state index contributed by atoms with van der Waals surface area (Å²) < 4.78 is 12.5. The zero-order chi connectivity index (χ0) is 20.4. The van der Waals surface area contributed by atoms with Crippen LogP contribution in [0.15, 0.2) is 59.5 Å². The van der Waals surface area contributed by atoms with Crippen LogP contribution in [0.25, 0.3) is 29.6 Å². The molecule has 29 heavy (non-hydrogen) atoms. The van der Waals surface area contributed by atoms with Gasteiger partial charge in [0.05, 0.1) is 30.5 Å². The van der Waals surface area contributed by atoms with Crippen LogP contribution in [-0.4, -0.2) is 34.2 Å². The number of aromatic nitrogens is 4. The van der Waals surface area contributed by atoms with E-state index in [4.69, 9.17) is 14.6 Å². The molecule has 0 bridgehead atoms. The van der Waals surface area contributed by atoms with E-state index in [-0.39, 0.29) is 5.56 Å². The van der Waals surface area contributed by atoms with Crippen molar-refractivity contribution in [1.29, 1.82) is 0 Å². The van der Waals surface area contributed by atoms with E-state index in [1.165, 1.54) is 0 Å². The number of rotatable bonds is 5. The normalized spacial score (nSPS) is 11.6. The molecular formula is C22H20N4O3. The first-order valence-electron chi connectivity index (χ1n) is 8.95. The van der Waals surface area contributed by atoms with Gasteiger partial charge in [0.1, 0.15) is 5.69 Å². The molecule has 0 radical (unpaired) electrons. The van der Waals surface area contributed by atoms with Crippen LogP contribution in [-0.2, 0) is 0 Å². The molecular weight excluding hydrogens is 368 g/mol. The van der Waals surface area contributed by atoms with E-state index in [9.17, 15) is 4.79 Å². The zero-order valence-electron chi connectivity index (χ0n) is 16.1. The molecule has 4 rings (SSSR count). The summed E-state index contributed by atoms with van der Waals surface area (Å²) in [5.74, 6) is 1.23. The molecule has 0 atom stereocenters. The van der Waals surface area contributed by atoms with Gasteiger partial charge in [-0.15, -0.1) is 0 Å². The standard InChI is InChI=1S/C22H20N4O3/c1-14-18(22(27)24-23-14)11-16-13-26(17-7-5-4-6-8-17)25-21(16)15-9-10-19(28-2)20(12-15)29-3/h4-13,23H,1H2,2-3H3,(H,24,27)/b18-11-. The van der Waals surface area contributed by atoms with Crippen LogP contribution in [0.4, 0.5) is 0 Å². The summed E-state index contributed by atoms with van der Waals surface area (Å²) in [4.78, 5) is 12.1. The number of ether oxygens (including phenoxy) is 2. The van der Waals surface area contributed by atoms with Gasteiger partial charge < -0.3 is 9.47 Å². The first-order chi connectivity index (χ1) is 14.1. The van der Waals surface area contributed by atoms with E-state index in [0.29, 0.717) is 27.8 Å². The maximum absolute atomic E-state index is 12.1. The number of para-hydroxylation sites is 1. The van der Waals surface area contributed by atoms with Gasteiger partial charge in [-0.2, -0.15) is 5.10 Å². The SMILES string of the molecule is C=c1[nH][nH]c(=O)/c1=C\c1cn(-c2ccccc2)nc1-c1ccc(OC)c(OC)c1. The Kier molecular flexibility index (Phi) is 4.78. The monoisotopic (exact) mass is 388 g/mol. The van der Waals surface area contributed by atoms with Crippen molar-refractivity contribution in [2.75, 3.05) is 14.2 Å². The largest absolute Gasteiger partial charge is 0.493 e. The summed E-state index contributed by atoms with van der Waals surface area (Å²) >= 11 is 0. The van der Waals surface area contributed by atoms with E-state index in [1.54, 1.807) is 25.0 Å². The second-order valence-corrected chi connectivity index (χ2v) is 6.40. The Morgan fingerprint density at radius 2 is 1.79 bits per heavy atom. The average molecular weight is 388 g/mol. The van der Waals surface area contributed by atoms with Crippen LogP contribution in [0.5, 0.6) is 11.5 Å². The number of benzene rings is 2. The summed E-state index contributed by atoms with van der Waals surface area (Å²) in [5.41, 5.74) is 2.99. The Hall–Kier alpha value is -4.00. The summed E-state index contributed by atoms with van der Waals surface area (Å²) in [6, 6.07) is 15.4. The number of hydrogen-bond donors (Lipinski definition) is 2. The predicted octanol–water partition coefficient (Wildman–Crippen LogP) is 1.81. The zero-order valence-corrected chi connectivity index (χ0v) is 16.1. The molecule has 0 spiro atoms. The summed E-state index contributed by atoms with van der Waals surface area (Å²) in [6.45, 7) is 3.87. The van der Waals surface area contributed by atoms with Gasteiger partial charge in [-0.1, -0.05) is 24.8 Å². The van der Waals surface area contributed by atoms with Crippen molar-refractivity contribution >= 4 is 12.7 Å². The summed E-state index contributed by atoms with van der Waals surface area (Å²) in [5, 5.41) is 11.0. The fraction of sp³-hybridized carbons (Fsp3) is 0.0909. The van der Waals surface area contributed by atoms with E-state index in [0.717, 1.165) is 16.8 Å². The number of nitrogens with zero attached hydrogens (tertiary/aromatic N) is 2. The quantitative estimate of drug-likeness (QED) is 0.546. The highest BCUT2D eigenvalue weighted by Gasteiger charge is 2.14. The predicted molar refractivity (Wildman–Crippen MR) is 112 cm³/mol. The van der Waals surface area contributed by atoms with E-state index < -0.39 is 0 Å². The fourth-order valence-electron chi connectivity index (χ4n) is 3.13. The van der Waals surface area contributed by atoms with Crippen molar-refractivity contribution in [2.45, 2.75) is 0 Å². The minimum atomic E-state index is -0.235. The van der Waals surface area contributed by atoms with E-state index in [2.05, 4.69) is 16.8 Å². The summed E-state index contributed by atoms with van der Waals surface area (Å²) in [7, 11) is 3.18. The topological polar surface area (TPSA) is 84.9 Å². The molecule has 7 nitrogen and oxygen atoms in total. The first-order valence-corrected chi connectivity index (χ1v) is 8.95. The number of hydrogen-bond acceptors (Lipinski definition) is 4. The van der Waals surface area contributed by atoms with Gasteiger partial charge in [-0.3, -0.25) is 15.0 Å². The molecule has 0 saturated carbocycles. The molecule has 2 heterocycles. The molecule has 0 aliphatic carbocycles. The van der Waals surface area contributed by atoms with Crippen LogP contribution >= 0.6 is 0 Å². The highest BCUT2D eigenvalue weighted by Crippen LogP contribution is 2.33. The minimum absolute atomic E-state index is 0.235. The molecule has 0 saturated heterocycles. The lowest BCUT2D eigenvalue weighted by atomic mass is 10.1. The number of nitrogens with one attached hydrogen (secondary N) is 2. The van der Waals surface area contributed by atoms with Crippen LogP contribution in [0.3, 0.4) is 0 Å². The van der Waals surface area contributed by atoms with E-state index in [1.807, 2.05) is 54.7 Å².